The first-order valence-electron chi connectivity index (χ1n) is 11.0. The number of aliphatic imine (C=N–C) groups is 1. The lowest BCUT2D eigenvalue weighted by Crippen LogP contribution is -2.45. The van der Waals surface area contributed by atoms with Crippen LogP contribution in [0, 0.1) is 0 Å². The lowest BCUT2D eigenvalue weighted by molar-refractivity contribution is 0.0773. The molecule has 0 saturated carbocycles. The lowest BCUT2D eigenvalue weighted by Gasteiger charge is -2.30. The summed E-state index contributed by atoms with van der Waals surface area (Å²) in [6.45, 7) is 19.7. The molecule has 0 aliphatic rings. The summed E-state index contributed by atoms with van der Waals surface area (Å²) in [4.78, 5) is 21.4. The van der Waals surface area contributed by atoms with Crippen molar-refractivity contribution in [2.75, 3.05) is 32.7 Å². The van der Waals surface area contributed by atoms with Gasteiger partial charge in [0.2, 0.25) is 0 Å². The molecule has 0 heterocycles. The smallest absolute Gasteiger partial charge is 0.253 e. The molecule has 0 fully saturated rings. The van der Waals surface area contributed by atoms with E-state index in [-0.39, 0.29) is 29.9 Å². The average Bonchev–Trinajstić information content (AvgIpc) is 2.69. The fourth-order valence-electron chi connectivity index (χ4n) is 3.37. The van der Waals surface area contributed by atoms with E-state index in [9.17, 15) is 4.79 Å². The molecule has 1 aromatic carbocycles. The van der Waals surface area contributed by atoms with Crippen molar-refractivity contribution in [1.29, 1.82) is 0 Å². The van der Waals surface area contributed by atoms with Gasteiger partial charge in [0.25, 0.3) is 5.91 Å². The van der Waals surface area contributed by atoms with Gasteiger partial charge >= 0.3 is 0 Å². The van der Waals surface area contributed by atoms with Crippen LogP contribution in [0.25, 0.3) is 0 Å². The summed E-state index contributed by atoms with van der Waals surface area (Å²) in [5, 5.41) is 6.73. The number of hydrogen-bond acceptors (Lipinski definition) is 3. The second kappa shape index (κ2) is 15.5. The summed E-state index contributed by atoms with van der Waals surface area (Å²) in [6, 6.07) is 8.82. The van der Waals surface area contributed by atoms with Crippen LogP contribution in [0.2, 0.25) is 0 Å². The molecule has 0 aliphatic heterocycles. The first kappa shape index (κ1) is 28.6. The Morgan fingerprint density at radius 1 is 0.967 bits per heavy atom. The molecule has 30 heavy (non-hydrogen) atoms. The van der Waals surface area contributed by atoms with Crippen LogP contribution in [0.4, 0.5) is 0 Å². The maximum Gasteiger partial charge on any atom is 0.253 e. The maximum absolute atomic E-state index is 12.4. The van der Waals surface area contributed by atoms with Crippen molar-refractivity contribution in [3.05, 3.63) is 35.4 Å². The van der Waals surface area contributed by atoms with E-state index in [1.807, 2.05) is 43.0 Å². The molecular weight excluding hydrogens is 489 g/mol. The van der Waals surface area contributed by atoms with Crippen LogP contribution >= 0.6 is 24.0 Å². The molecule has 1 rings (SSSR count). The number of rotatable bonds is 11. The number of nitrogens with one attached hydrogen (secondary N) is 2. The molecule has 2 N–H and O–H groups in total. The molecule has 6 nitrogen and oxygen atoms in total. The van der Waals surface area contributed by atoms with Crippen LogP contribution in [-0.2, 0) is 6.54 Å². The predicted molar refractivity (Wildman–Crippen MR) is 139 cm³/mol. The Bertz CT molecular complexity index is 619. The van der Waals surface area contributed by atoms with E-state index in [4.69, 9.17) is 4.99 Å². The Morgan fingerprint density at radius 3 is 2.00 bits per heavy atom. The Hall–Kier alpha value is -1.35. The van der Waals surface area contributed by atoms with Gasteiger partial charge in [-0.1, -0.05) is 12.1 Å². The lowest BCUT2D eigenvalue weighted by atomic mass is 10.1. The van der Waals surface area contributed by atoms with Gasteiger partial charge in [-0.15, -0.1) is 24.0 Å². The molecule has 0 aliphatic carbocycles. The molecule has 0 bridgehead atoms. The molecule has 1 amide bonds. The van der Waals surface area contributed by atoms with Crippen LogP contribution in [0.3, 0.4) is 0 Å². The van der Waals surface area contributed by atoms with Gasteiger partial charge in [-0.05, 0) is 66.2 Å². The summed E-state index contributed by atoms with van der Waals surface area (Å²) in [6.07, 6.45) is 0. The molecule has 0 radical (unpaired) electrons. The van der Waals surface area contributed by atoms with E-state index in [1.165, 1.54) is 0 Å². The van der Waals surface area contributed by atoms with Crippen molar-refractivity contribution in [2.45, 2.75) is 67.1 Å². The predicted octanol–water partition coefficient (Wildman–Crippen LogP) is 3.96. The van der Waals surface area contributed by atoms with E-state index < -0.39 is 0 Å². The van der Waals surface area contributed by atoms with E-state index in [0.717, 1.165) is 49.8 Å². The number of nitrogens with zero attached hydrogens (tertiary/aromatic N) is 3. The first-order chi connectivity index (χ1) is 13.8. The molecule has 0 spiro atoms. The minimum Gasteiger partial charge on any atom is -0.357 e. The third-order valence-electron chi connectivity index (χ3n) is 5.00. The third kappa shape index (κ3) is 9.64. The Kier molecular flexibility index (Phi) is 14.8. The van der Waals surface area contributed by atoms with Gasteiger partial charge in [0.15, 0.2) is 5.96 Å². The van der Waals surface area contributed by atoms with Crippen molar-refractivity contribution in [2.24, 2.45) is 4.99 Å². The van der Waals surface area contributed by atoms with Gasteiger partial charge < -0.3 is 15.5 Å². The molecule has 7 heteroatoms. The monoisotopic (exact) mass is 531 g/mol. The molecule has 1 aromatic rings. The van der Waals surface area contributed by atoms with E-state index >= 15 is 0 Å². The topological polar surface area (TPSA) is 60.0 Å². The Balaban J connectivity index is 0.00000841. The van der Waals surface area contributed by atoms with E-state index in [1.54, 1.807) is 0 Å². The Labute approximate surface area is 200 Å². The summed E-state index contributed by atoms with van der Waals surface area (Å²) in [5.41, 5.74) is 1.82. The number of hydrogen-bond donors (Lipinski definition) is 2. The number of amides is 1. The second-order valence-electron chi connectivity index (χ2n) is 7.72. The molecule has 0 aromatic heterocycles. The number of guanidine groups is 1. The van der Waals surface area contributed by atoms with Gasteiger partial charge in [-0.3, -0.25) is 9.69 Å². The average molecular weight is 532 g/mol. The van der Waals surface area contributed by atoms with Crippen LogP contribution in [0.5, 0.6) is 0 Å². The molecule has 0 saturated heterocycles. The third-order valence-corrected chi connectivity index (χ3v) is 5.00. The van der Waals surface area contributed by atoms with Crippen LogP contribution < -0.4 is 10.6 Å². The van der Waals surface area contributed by atoms with Crippen molar-refractivity contribution in [3.8, 4) is 0 Å². The van der Waals surface area contributed by atoms with Gasteiger partial charge in [0, 0.05) is 50.4 Å². The zero-order chi connectivity index (χ0) is 21.8. The van der Waals surface area contributed by atoms with Crippen molar-refractivity contribution < 1.29 is 4.79 Å². The highest BCUT2D eigenvalue weighted by molar-refractivity contribution is 14.0. The van der Waals surface area contributed by atoms with Gasteiger partial charge in [-0.25, -0.2) is 4.99 Å². The van der Waals surface area contributed by atoms with Crippen LogP contribution in [0.15, 0.2) is 29.3 Å². The summed E-state index contributed by atoms with van der Waals surface area (Å²) in [5.74, 6) is 0.906. The van der Waals surface area contributed by atoms with Gasteiger partial charge in [0.05, 0.1) is 6.54 Å². The molecular formula is C23H42IN5O. The van der Waals surface area contributed by atoms with Gasteiger partial charge in [-0.2, -0.15) is 0 Å². The standard InChI is InChI=1S/C23H41N5O.HI/c1-8-24-23(25-15-16-28(18(4)5)19(6)7)26-17-20-11-13-21(14-12-20)22(29)27(9-2)10-3;/h11-14,18-19H,8-10,15-17H2,1-7H3,(H2,24,25,26);1H. The number of halogens is 1. The summed E-state index contributed by atoms with van der Waals surface area (Å²) in [7, 11) is 0. The maximum atomic E-state index is 12.4. The SMILES string of the molecule is CCNC(=NCc1ccc(C(=O)N(CC)CC)cc1)NCCN(C(C)C)C(C)C.I. The number of carbonyl (C=O) groups is 1. The van der Waals surface area contributed by atoms with Crippen LogP contribution in [0.1, 0.15) is 64.4 Å². The van der Waals surface area contributed by atoms with Crippen molar-refractivity contribution in [3.63, 3.8) is 0 Å². The molecule has 0 unspecified atom stereocenters. The molecule has 0 atom stereocenters. The van der Waals surface area contributed by atoms with Gasteiger partial charge in [0.1, 0.15) is 0 Å². The number of carbonyl (C=O) groups excluding carboxylic acids is 1. The van der Waals surface area contributed by atoms with Crippen LogP contribution in [-0.4, -0.2) is 66.5 Å². The highest BCUT2D eigenvalue weighted by Crippen LogP contribution is 2.09. The minimum atomic E-state index is 0. The fourth-order valence-corrected chi connectivity index (χ4v) is 3.37. The zero-order valence-corrected chi connectivity index (χ0v) is 22.2. The molecule has 172 valence electrons. The van der Waals surface area contributed by atoms with Crippen molar-refractivity contribution in [1.82, 2.24) is 20.4 Å². The highest BCUT2D eigenvalue weighted by Gasteiger charge is 2.13. The summed E-state index contributed by atoms with van der Waals surface area (Å²) < 4.78 is 0. The quantitative estimate of drug-likeness (QED) is 0.258. The highest BCUT2D eigenvalue weighted by atomic mass is 127. The zero-order valence-electron chi connectivity index (χ0n) is 19.9. The fraction of sp³-hybridized carbons (Fsp3) is 0.652. The second-order valence-corrected chi connectivity index (χ2v) is 7.72. The van der Waals surface area contributed by atoms with E-state index in [0.29, 0.717) is 18.6 Å². The van der Waals surface area contributed by atoms with Crippen molar-refractivity contribution >= 4 is 35.8 Å². The van der Waals surface area contributed by atoms with E-state index in [2.05, 4.69) is 50.2 Å². The number of benzene rings is 1. The normalized spacial score (nSPS) is 11.6. The summed E-state index contributed by atoms with van der Waals surface area (Å²) >= 11 is 0. The largest absolute Gasteiger partial charge is 0.357 e. The minimum absolute atomic E-state index is 0. The first-order valence-corrected chi connectivity index (χ1v) is 11.0. The Morgan fingerprint density at radius 2 is 1.53 bits per heavy atom.